The minimum Gasteiger partial charge on any atom is -0.497 e. The SMILES string of the molecule is COc1ccc(C2=NN(C(=O)c3ccc(Nc4nc(-c5ccccc5)c5cc(Cl)ccc5n4)cc3)[C@@H](c3ccccc3)C2)cc1. The lowest BCUT2D eigenvalue weighted by Gasteiger charge is -2.22. The summed E-state index contributed by atoms with van der Waals surface area (Å²) in [6.45, 7) is 0. The molecule has 45 heavy (non-hydrogen) atoms. The second-order valence-corrected chi connectivity index (χ2v) is 11.1. The third-order valence-electron chi connectivity index (χ3n) is 7.82. The van der Waals surface area contributed by atoms with Gasteiger partial charge in [0.25, 0.3) is 5.91 Å². The molecule has 220 valence electrons. The van der Waals surface area contributed by atoms with Crippen LogP contribution in [0.2, 0.25) is 5.02 Å². The lowest BCUT2D eigenvalue weighted by Crippen LogP contribution is -2.27. The van der Waals surface area contributed by atoms with E-state index in [4.69, 9.17) is 31.4 Å². The van der Waals surface area contributed by atoms with E-state index in [2.05, 4.69) is 5.32 Å². The minimum absolute atomic E-state index is 0.177. The van der Waals surface area contributed by atoms with Crippen LogP contribution in [0, 0.1) is 0 Å². The molecule has 0 radical (unpaired) electrons. The van der Waals surface area contributed by atoms with Gasteiger partial charge in [-0.15, -0.1) is 0 Å². The number of carbonyl (C=O) groups excluding carboxylic acids is 1. The number of nitrogens with zero attached hydrogens (tertiary/aromatic N) is 4. The molecule has 1 aliphatic rings. The first kappa shape index (κ1) is 28.3. The predicted octanol–water partition coefficient (Wildman–Crippen LogP) is 8.69. The van der Waals surface area contributed by atoms with E-state index in [9.17, 15) is 4.79 Å². The average molecular weight is 610 g/mol. The van der Waals surface area contributed by atoms with Crippen LogP contribution >= 0.6 is 11.6 Å². The molecule has 0 saturated heterocycles. The quantitative estimate of drug-likeness (QED) is 0.196. The molecule has 2 heterocycles. The summed E-state index contributed by atoms with van der Waals surface area (Å²) in [6, 6.07) is 40.4. The van der Waals surface area contributed by atoms with Crippen molar-refractivity contribution in [1.82, 2.24) is 15.0 Å². The molecule has 0 unspecified atom stereocenters. The maximum atomic E-state index is 13.9. The topological polar surface area (TPSA) is 79.7 Å². The van der Waals surface area contributed by atoms with Gasteiger partial charge in [0.05, 0.1) is 30.1 Å². The Labute approximate surface area is 265 Å². The summed E-state index contributed by atoms with van der Waals surface area (Å²) in [5.41, 5.74) is 6.63. The largest absolute Gasteiger partial charge is 0.497 e. The zero-order chi connectivity index (χ0) is 30.8. The van der Waals surface area contributed by atoms with E-state index in [0.717, 1.165) is 50.4 Å². The summed E-state index contributed by atoms with van der Waals surface area (Å²) in [4.78, 5) is 23.5. The molecule has 5 aromatic carbocycles. The van der Waals surface area contributed by atoms with Crippen LogP contribution in [0.4, 0.5) is 11.6 Å². The Bertz CT molecular complexity index is 2020. The molecular weight excluding hydrogens is 582 g/mol. The molecule has 1 N–H and O–H groups in total. The van der Waals surface area contributed by atoms with E-state index in [-0.39, 0.29) is 11.9 Å². The molecule has 6 aromatic rings. The number of rotatable bonds is 7. The van der Waals surface area contributed by atoms with Gasteiger partial charge in [0.1, 0.15) is 5.75 Å². The first-order chi connectivity index (χ1) is 22.1. The summed E-state index contributed by atoms with van der Waals surface area (Å²) in [6.07, 6.45) is 0.607. The number of nitrogens with one attached hydrogen (secondary N) is 1. The van der Waals surface area contributed by atoms with Gasteiger partial charge in [0.2, 0.25) is 5.95 Å². The molecule has 7 rings (SSSR count). The molecule has 0 spiro atoms. The fourth-order valence-corrected chi connectivity index (χ4v) is 5.69. The van der Waals surface area contributed by atoms with Crippen LogP contribution in [0.1, 0.15) is 33.9 Å². The van der Waals surface area contributed by atoms with E-state index in [1.165, 1.54) is 0 Å². The van der Waals surface area contributed by atoms with Crippen molar-refractivity contribution in [3.63, 3.8) is 0 Å². The smallest absolute Gasteiger partial charge is 0.274 e. The van der Waals surface area contributed by atoms with Crippen LogP contribution in [-0.4, -0.2) is 33.7 Å². The molecule has 1 aliphatic heterocycles. The Hall–Kier alpha value is -5.53. The Morgan fingerprint density at radius 3 is 2.24 bits per heavy atom. The number of carbonyl (C=O) groups is 1. The summed E-state index contributed by atoms with van der Waals surface area (Å²) in [5.74, 6) is 1.04. The number of hydrogen-bond acceptors (Lipinski definition) is 6. The third-order valence-corrected chi connectivity index (χ3v) is 8.05. The van der Waals surface area contributed by atoms with E-state index in [0.29, 0.717) is 23.0 Å². The van der Waals surface area contributed by atoms with Gasteiger partial charge in [-0.1, -0.05) is 72.3 Å². The number of benzene rings is 5. The number of halogens is 1. The van der Waals surface area contributed by atoms with Gasteiger partial charge in [-0.2, -0.15) is 5.10 Å². The zero-order valence-corrected chi connectivity index (χ0v) is 25.1. The van der Waals surface area contributed by atoms with E-state index in [1.54, 1.807) is 24.3 Å². The molecule has 0 saturated carbocycles. The maximum absolute atomic E-state index is 13.9. The minimum atomic E-state index is -0.218. The number of amides is 1. The van der Waals surface area contributed by atoms with Crippen molar-refractivity contribution in [2.24, 2.45) is 5.10 Å². The number of anilines is 2. The normalized spacial score (nSPS) is 14.3. The highest BCUT2D eigenvalue weighted by molar-refractivity contribution is 6.31. The maximum Gasteiger partial charge on any atom is 0.274 e. The fraction of sp³-hybridized carbons (Fsp3) is 0.0811. The first-order valence-corrected chi connectivity index (χ1v) is 14.9. The molecule has 7 nitrogen and oxygen atoms in total. The van der Waals surface area contributed by atoms with Gasteiger partial charge in [-0.05, 0) is 77.9 Å². The number of hydrogen-bond donors (Lipinski definition) is 1. The van der Waals surface area contributed by atoms with E-state index in [1.807, 2.05) is 115 Å². The molecule has 0 fully saturated rings. The van der Waals surface area contributed by atoms with Crippen molar-refractivity contribution < 1.29 is 9.53 Å². The van der Waals surface area contributed by atoms with E-state index < -0.39 is 0 Å². The molecule has 1 amide bonds. The number of aromatic nitrogens is 2. The average Bonchev–Trinajstić information content (AvgIpc) is 3.55. The van der Waals surface area contributed by atoms with Gasteiger partial charge < -0.3 is 10.1 Å². The highest BCUT2D eigenvalue weighted by Crippen LogP contribution is 2.35. The lowest BCUT2D eigenvalue weighted by molar-refractivity contribution is 0.0711. The number of methoxy groups -OCH3 is 1. The zero-order valence-electron chi connectivity index (χ0n) is 24.4. The van der Waals surface area contributed by atoms with Crippen molar-refractivity contribution in [3.05, 3.63) is 149 Å². The second kappa shape index (κ2) is 12.2. The number of ether oxygens (including phenoxy) is 1. The summed E-state index contributed by atoms with van der Waals surface area (Å²) in [7, 11) is 1.64. The van der Waals surface area contributed by atoms with Crippen LogP contribution in [0.3, 0.4) is 0 Å². The highest BCUT2D eigenvalue weighted by atomic mass is 35.5. The number of hydrazone groups is 1. The molecule has 1 aromatic heterocycles. The first-order valence-electron chi connectivity index (χ1n) is 14.6. The molecule has 8 heteroatoms. The van der Waals surface area contributed by atoms with Crippen LogP contribution in [0.15, 0.2) is 132 Å². The summed E-state index contributed by atoms with van der Waals surface area (Å²) in [5, 5.41) is 11.2. The van der Waals surface area contributed by atoms with Crippen LogP contribution < -0.4 is 10.1 Å². The van der Waals surface area contributed by atoms with Gasteiger partial charge in [0.15, 0.2) is 0 Å². The van der Waals surface area contributed by atoms with Gasteiger partial charge in [-0.25, -0.2) is 15.0 Å². The van der Waals surface area contributed by atoms with Gasteiger partial charge in [0, 0.05) is 33.6 Å². The molecule has 0 aliphatic carbocycles. The molecule has 1 atom stereocenters. The lowest BCUT2D eigenvalue weighted by atomic mass is 9.98. The van der Waals surface area contributed by atoms with Crippen LogP contribution in [0.25, 0.3) is 22.2 Å². The summed E-state index contributed by atoms with van der Waals surface area (Å²) < 4.78 is 5.31. The predicted molar refractivity (Wildman–Crippen MR) is 179 cm³/mol. The number of fused-ring (bicyclic) bond motifs is 1. The fourth-order valence-electron chi connectivity index (χ4n) is 5.52. The van der Waals surface area contributed by atoms with Crippen LogP contribution in [-0.2, 0) is 0 Å². The Morgan fingerprint density at radius 1 is 0.822 bits per heavy atom. The van der Waals surface area contributed by atoms with Crippen molar-refractivity contribution in [2.45, 2.75) is 12.5 Å². The molecular formula is C37H28ClN5O2. The summed E-state index contributed by atoms with van der Waals surface area (Å²) >= 11 is 6.31. The van der Waals surface area contributed by atoms with Gasteiger partial charge >= 0.3 is 0 Å². The Kier molecular flexibility index (Phi) is 7.68. The van der Waals surface area contributed by atoms with Crippen molar-refractivity contribution >= 4 is 45.8 Å². The van der Waals surface area contributed by atoms with E-state index >= 15 is 0 Å². The van der Waals surface area contributed by atoms with Gasteiger partial charge in [-0.3, -0.25) is 4.79 Å². The van der Waals surface area contributed by atoms with Crippen LogP contribution in [0.5, 0.6) is 5.75 Å². The standard InChI is InChI=1S/C37H28ClN5O2/c1-45-30-19-14-24(15-20-30)33-23-34(25-8-4-2-5-9-25)43(42-33)36(44)27-12-17-29(18-13-27)39-37-40-32-21-16-28(38)22-31(32)35(41-37)26-10-6-3-7-11-26/h2-22,34H,23H2,1H3,(H,39,40,41)/t34-/m1/s1. The Balaban J connectivity index is 1.17. The molecule has 0 bridgehead atoms. The second-order valence-electron chi connectivity index (χ2n) is 10.7. The third kappa shape index (κ3) is 5.86. The highest BCUT2D eigenvalue weighted by Gasteiger charge is 2.33. The van der Waals surface area contributed by atoms with Crippen molar-refractivity contribution in [1.29, 1.82) is 0 Å². The monoisotopic (exact) mass is 609 g/mol. The van der Waals surface area contributed by atoms with Crippen molar-refractivity contribution in [2.75, 3.05) is 12.4 Å². The Morgan fingerprint density at radius 2 is 1.53 bits per heavy atom. The van der Waals surface area contributed by atoms with Crippen molar-refractivity contribution in [3.8, 4) is 17.0 Å².